The second kappa shape index (κ2) is 23.2. The number of halogens is 8. The normalized spacial score (nSPS) is 10.8. The summed E-state index contributed by atoms with van der Waals surface area (Å²) in [7, 11) is -12.0. The standard InChI is InChI=1S/2C24H22N2.2BF4/c2*1-3-7-21(8-4-1)19-25-15-11-23(12-16-25)24-13-17-26(18-14-24)20-22-9-5-2-6-10-22;2*2-1(3,4)5/h2*1-18H,19-20H2;;/q2*+2;2*-1. The van der Waals surface area contributed by atoms with Crippen molar-refractivity contribution in [1.82, 2.24) is 0 Å². The van der Waals surface area contributed by atoms with E-state index in [-0.39, 0.29) is 0 Å². The minimum atomic E-state index is -6.00. The second-order valence-corrected chi connectivity index (χ2v) is 14.0. The van der Waals surface area contributed by atoms with Crippen LogP contribution in [0.2, 0.25) is 0 Å². The first-order chi connectivity index (χ1) is 29.7. The fourth-order valence-corrected chi connectivity index (χ4v) is 6.20. The maximum Gasteiger partial charge on any atom is 0.673 e. The van der Waals surface area contributed by atoms with Gasteiger partial charge in [-0.3, -0.25) is 0 Å². The molecule has 0 radical (unpaired) electrons. The van der Waals surface area contributed by atoms with Crippen LogP contribution in [-0.2, 0) is 26.2 Å². The van der Waals surface area contributed by atoms with Crippen LogP contribution in [0.3, 0.4) is 0 Å². The van der Waals surface area contributed by atoms with E-state index in [1.807, 2.05) is 0 Å². The molecule has 0 atom stereocenters. The van der Waals surface area contributed by atoms with E-state index in [0.29, 0.717) is 0 Å². The summed E-state index contributed by atoms with van der Waals surface area (Å²) in [5.74, 6) is 0. The summed E-state index contributed by atoms with van der Waals surface area (Å²) < 4.78 is 86.8. The van der Waals surface area contributed by atoms with Gasteiger partial charge in [-0.2, -0.15) is 0 Å². The predicted octanol–water partition coefficient (Wildman–Crippen LogP) is 10.7. The largest absolute Gasteiger partial charge is 0.673 e. The number of pyridine rings is 4. The minimum absolute atomic E-state index is 0.896. The Hall–Kier alpha value is -6.95. The Morgan fingerprint density at radius 1 is 0.242 bits per heavy atom. The molecule has 0 aliphatic carbocycles. The molecule has 4 heterocycles. The van der Waals surface area contributed by atoms with E-state index in [0.717, 1.165) is 26.2 Å². The summed E-state index contributed by atoms with van der Waals surface area (Å²) in [5, 5.41) is 0. The summed E-state index contributed by atoms with van der Waals surface area (Å²) in [6, 6.07) is 59.6. The van der Waals surface area contributed by atoms with Crippen LogP contribution >= 0.6 is 0 Å². The van der Waals surface area contributed by atoms with Crippen LogP contribution < -0.4 is 18.3 Å². The van der Waals surface area contributed by atoms with Crippen molar-refractivity contribution in [3.63, 3.8) is 0 Å². The summed E-state index contributed by atoms with van der Waals surface area (Å²) >= 11 is 0. The molecule has 0 N–H and O–H groups in total. The van der Waals surface area contributed by atoms with E-state index < -0.39 is 14.5 Å². The molecule has 14 heteroatoms. The molecule has 4 aromatic carbocycles. The van der Waals surface area contributed by atoms with Crippen molar-refractivity contribution in [3.05, 3.63) is 242 Å². The number of benzene rings is 4. The Kier molecular flexibility index (Phi) is 17.2. The van der Waals surface area contributed by atoms with E-state index in [4.69, 9.17) is 0 Å². The zero-order chi connectivity index (χ0) is 44.2. The third kappa shape index (κ3) is 18.1. The summed E-state index contributed by atoms with van der Waals surface area (Å²) in [6.07, 6.45) is 17.2. The highest BCUT2D eigenvalue weighted by Crippen LogP contribution is 2.17. The highest BCUT2D eigenvalue weighted by molar-refractivity contribution is 6.50. The van der Waals surface area contributed by atoms with Gasteiger partial charge < -0.3 is 34.5 Å². The number of aromatic nitrogens is 4. The molecule has 0 amide bonds. The molecule has 8 rings (SSSR count). The Balaban J connectivity index is 0.000000193. The SMILES string of the molecule is F[B-](F)(F)F.F[B-](F)(F)F.c1ccc(C[n+]2ccc(-c3cc[n+](Cc4ccccc4)cc3)cc2)cc1.c1ccc(C[n+]2ccc(-c3cc[n+](Cc4ccccc4)cc3)cc2)cc1. The van der Waals surface area contributed by atoms with E-state index in [2.05, 4.69) is 238 Å². The van der Waals surface area contributed by atoms with Gasteiger partial charge in [0.05, 0.1) is 0 Å². The second-order valence-electron chi connectivity index (χ2n) is 14.0. The topological polar surface area (TPSA) is 15.5 Å². The molecule has 8 aromatic rings. The molecule has 316 valence electrons. The highest BCUT2D eigenvalue weighted by atomic mass is 19.5. The van der Waals surface area contributed by atoms with Crippen LogP contribution in [0.5, 0.6) is 0 Å². The monoisotopic (exact) mass is 850 g/mol. The third-order valence-electron chi connectivity index (χ3n) is 9.06. The molecule has 0 aliphatic rings. The van der Waals surface area contributed by atoms with Gasteiger partial charge in [-0.15, -0.1) is 0 Å². The van der Waals surface area contributed by atoms with Crippen LogP contribution in [0.1, 0.15) is 22.3 Å². The van der Waals surface area contributed by atoms with Crippen molar-refractivity contribution in [3.8, 4) is 22.3 Å². The van der Waals surface area contributed by atoms with Gasteiger partial charge in [-0.05, 0) is 22.3 Å². The Morgan fingerprint density at radius 2 is 0.387 bits per heavy atom. The van der Waals surface area contributed by atoms with Crippen LogP contribution in [-0.4, -0.2) is 14.5 Å². The lowest BCUT2D eigenvalue weighted by atomic mass is 10.1. The molecule has 62 heavy (non-hydrogen) atoms. The lowest BCUT2D eigenvalue weighted by molar-refractivity contribution is -0.688. The van der Waals surface area contributed by atoms with Gasteiger partial charge in [0.1, 0.15) is 0 Å². The van der Waals surface area contributed by atoms with Crippen LogP contribution in [0, 0.1) is 0 Å². The number of rotatable bonds is 10. The molecule has 0 aliphatic heterocycles. The van der Waals surface area contributed by atoms with Crippen LogP contribution in [0.15, 0.2) is 219 Å². The van der Waals surface area contributed by atoms with Gasteiger partial charge in [0, 0.05) is 70.8 Å². The summed E-state index contributed by atoms with van der Waals surface area (Å²) in [6.45, 7) is 3.58. The molecule has 0 fully saturated rings. The summed E-state index contributed by atoms with van der Waals surface area (Å²) in [4.78, 5) is 0. The van der Waals surface area contributed by atoms with Gasteiger partial charge in [0.2, 0.25) is 0 Å². The molecule has 0 bridgehead atoms. The Bertz CT molecular complexity index is 2110. The van der Waals surface area contributed by atoms with E-state index in [1.54, 1.807) is 0 Å². The molecular weight excluding hydrogens is 806 g/mol. The first-order valence-corrected chi connectivity index (χ1v) is 19.6. The molecule has 0 saturated carbocycles. The van der Waals surface area contributed by atoms with Crippen molar-refractivity contribution in [1.29, 1.82) is 0 Å². The van der Waals surface area contributed by atoms with E-state index >= 15 is 0 Å². The van der Waals surface area contributed by atoms with Gasteiger partial charge >= 0.3 is 14.5 Å². The molecule has 0 spiro atoms. The van der Waals surface area contributed by atoms with E-state index in [1.165, 1.54) is 44.5 Å². The Morgan fingerprint density at radius 3 is 0.532 bits per heavy atom. The Labute approximate surface area is 356 Å². The van der Waals surface area contributed by atoms with Gasteiger partial charge in [0.15, 0.2) is 75.8 Å². The fraction of sp³-hybridized carbons (Fsp3) is 0.0833. The first kappa shape index (κ1) is 46.1. The lowest BCUT2D eigenvalue weighted by Gasteiger charge is -2.02. The first-order valence-electron chi connectivity index (χ1n) is 19.6. The molecule has 4 aromatic heterocycles. The third-order valence-corrected chi connectivity index (χ3v) is 9.06. The van der Waals surface area contributed by atoms with Crippen molar-refractivity contribution in [2.75, 3.05) is 0 Å². The number of nitrogens with zero attached hydrogens (tertiary/aromatic N) is 4. The van der Waals surface area contributed by atoms with Crippen molar-refractivity contribution < 1.29 is 52.8 Å². The van der Waals surface area contributed by atoms with Crippen LogP contribution in [0.4, 0.5) is 34.5 Å². The van der Waals surface area contributed by atoms with Gasteiger partial charge in [-0.25, -0.2) is 18.3 Å². The molecule has 0 saturated heterocycles. The number of hydrogen-bond donors (Lipinski definition) is 0. The highest BCUT2D eigenvalue weighted by Gasteiger charge is 2.21. The van der Waals surface area contributed by atoms with Crippen molar-refractivity contribution >= 4 is 14.5 Å². The molecule has 0 unspecified atom stereocenters. The predicted molar refractivity (Wildman–Crippen MR) is 227 cm³/mol. The molecular formula is C48H44B2F8N4+2. The fourth-order valence-electron chi connectivity index (χ4n) is 6.20. The lowest BCUT2D eigenvalue weighted by Crippen LogP contribution is -2.33. The average Bonchev–Trinajstić information content (AvgIpc) is 3.26. The van der Waals surface area contributed by atoms with Gasteiger partial charge in [-0.1, -0.05) is 121 Å². The maximum absolute atomic E-state index is 9.75. The maximum atomic E-state index is 9.75. The quantitative estimate of drug-likeness (QED) is 0.0740. The average molecular weight is 851 g/mol. The zero-order valence-corrected chi connectivity index (χ0v) is 33.6. The van der Waals surface area contributed by atoms with Gasteiger partial charge in [0.25, 0.3) is 0 Å². The zero-order valence-electron chi connectivity index (χ0n) is 33.6. The van der Waals surface area contributed by atoms with Crippen molar-refractivity contribution in [2.45, 2.75) is 26.2 Å². The van der Waals surface area contributed by atoms with E-state index in [9.17, 15) is 34.5 Å². The summed E-state index contributed by atoms with van der Waals surface area (Å²) in [5.41, 5.74) is 10.2. The smallest absolute Gasteiger partial charge is 0.418 e. The van der Waals surface area contributed by atoms with Crippen molar-refractivity contribution in [2.24, 2.45) is 0 Å². The van der Waals surface area contributed by atoms with Crippen LogP contribution in [0.25, 0.3) is 22.3 Å². The molecule has 4 nitrogen and oxygen atoms in total. The number of hydrogen-bond acceptors (Lipinski definition) is 0. The minimum Gasteiger partial charge on any atom is -0.418 e.